The highest BCUT2D eigenvalue weighted by atomic mass is 19.1. The molecule has 0 radical (unpaired) electrons. The third kappa shape index (κ3) is 5.88. The van der Waals surface area contributed by atoms with Gasteiger partial charge in [0.15, 0.2) is 0 Å². The van der Waals surface area contributed by atoms with Gasteiger partial charge in [-0.05, 0) is 87.6 Å². The molecule has 1 fully saturated rings. The van der Waals surface area contributed by atoms with Gasteiger partial charge in [0.2, 0.25) is 11.8 Å². The second-order valence-corrected chi connectivity index (χ2v) is 11.4. The molecule has 2 aromatic heterocycles. The zero-order valence-corrected chi connectivity index (χ0v) is 24.1. The van der Waals surface area contributed by atoms with Crippen LogP contribution in [0.1, 0.15) is 76.9 Å². The fourth-order valence-electron chi connectivity index (χ4n) is 5.87. The van der Waals surface area contributed by atoms with Gasteiger partial charge in [-0.2, -0.15) is 5.10 Å². The maximum Gasteiger partial charge on any atom is 0.267 e. The van der Waals surface area contributed by atoms with Gasteiger partial charge in [0.05, 0.1) is 29.9 Å². The van der Waals surface area contributed by atoms with Crippen LogP contribution in [0, 0.1) is 19.7 Å². The van der Waals surface area contributed by atoms with E-state index in [9.17, 15) is 18.8 Å². The van der Waals surface area contributed by atoms with Gasteiger partial charge in [-0.1, -0.05) is 18.2 Å². The highest BCUT2D eigenvalue weighted by molar-refractivity contribution is 5.96. The van der Waals surface area contributed by atoms with E-state index >= 15 is 0 Å². The number of aryl methyl sites for hydroxylation is 2. The van der Waals surface area contributed by atoms with Crippen molar-refractivity contribution in [2.75, 3.05) is 6.54 Å². The number of likely N-dealkylation sites (tertiary alicyclic amines) is 1. The summed E-state index contributed by atoms with van der Waals surface area (Å²) in [6, 6.07) is 12.6. The van der Waals surface area contributed by atoms with Crippen molar-refractivity contribution in [3.8, 4) is 0 Å². The van der Waals surface area contributed by atoms with Crippen LogP contribution >= 0.6 is 0 Å². The minimum absolute atomic E-state index is 0.227. The third-order valence-electron chi connectivity index (χ3n) is 8.12. The molecule has 5 rings (SSSR count). The van der Waals surface area contributed by atoms with E-state index in [-0.39, 0.29) is 41.8 Å². The van der Waals surface area contributed by atoms with E-state index in [2.05, 4.69) is 20.5 Å². The van der Waals surface area contributed by atoms with E-state index < -0.39 is 5.41 Å². The number of halogens is 1. The van der Waals surface area contributed by atoms with Crippen LogP contribution in [0.5, 0.6) is 0 Å². The summed E-state index contributed by atoms with van der Waals surface area (Å²) >= 11 is 0. The Balaban J connectivity index is 1.33. The molecule has 9 nitrogen and oxygen atoms in total. The molecule has 2 atom stereocenters. The summed E-state index contributed by atoms with van der Waals surface area (Å²) in [5, 5.41) is 9.18. The van der Waals surface area contributed by atoms with E-state index in [1.807, 2.05) is 32.9 Å². The van der Waals surface area contributed by atoms with Crippen LogP contribution in [0.2, 0.25) is 0 Å². The van der Waals surface area contributed by atoms with E-state index in [4.69, 9.17) is 4.42 Å². The van der Waals surface area contributed by atoms with Crippen LogP contribution in [-0.2, 0) is 16.6 Å². The Labute approximate surface area is 243 Å². The third-order valence-corrected chi connectivity index (χ3v) is 8.12. The van der Waals surface area contributed by atoms with Gasteiger partial charge in [-0.25, -0.2) is 14.5 Å². The Morgan fingerprint density at radius 1 is 1.12 bits per heavy atom. The number of nitrogens with zero attached hydrogens (tertiary/aromatic N) is 3. The van der Waals surface area contributed by atoms with Crippen LogP contribution in [0.25, 0.3) is 0 Å². The van der Waals surface area contributed by atoms with Gasteiger partial charge < -0.3 is 14.6 Å². The molecule has 1 aliphatic rings. The lowest BCUT2D eigenvalue weighted by Crippen LogP contribution is -2.50. The molecule has 0 unspecified atom stereocenters. The summed E-state index contributed by atoms with van der Waals surface area (Å²) in [7, 11) is 0. The molecule has 4 aromatic rings. The Morgan fingerprint density at radius 2 is 1.93 bits per heavy atom. The van der Waals surface area contributed by atoms with Gasteiger partial charge in [0.25, 0.3) is 11.5 Å². The van der Waals surface area contributed by atoms with E-state index in [0.717, 1.165) is 11.1 Å². The van der Waals surface area contributed by atoms with Gasteiger partial charge >= 0.3 is 0 Å². The van der Waals surface area contributed by atoms with E-state index in [1.54, 1.807) is 42.3 Å². The first-order chi connectivity index (χ1) is 20.0. The number of H-pyrrole nitrogens is 1. The van der Waals surface area contributed by atoms with Crippen molar-refractivity contribution in [2.45, 2.75) is 64.5 Å². The predicted octanol–water partition coefficient (Wildman–Crippen LogP) is 4.54. The van der Waals surface area contributed by atoms with Crippen LogP contribution in [0.15, 0.2) is 70.2 Å². The fraction of sp³-hybridized carbons (Fsp3) is 0.344. The van der Waals surface area contributed by atoms with Crippen molar-refractivity contribution in [3.05, 3.63) is 117 Å². The minimum Gasteiger partial charge on any atom is -0.448 e. The highest BCUT2D eigenvalue weighted by Crippen LogP contribution is 2.44. The predicted molar refractivity (Wildman–Crippen MR) is 154 cm³/mol. The van der Waals surface area contributed by atoms with Crippen LogP contribution in [0.3, 0.4) is 0 Å². The molecule has 0 bridgehead atoms. The first kappa shape index (κ1) is 28.9. The van der Waals surface area contributed by atoms with Crippen LogP contribution < -0.4 is 10.9 Å². The summed E-state index contributed by atoms with van der Waals surface area (Å²) in [5.74, 6) is -0.527. The van der Waals surface area contributed by atoms with Crippen molar-refractivity contribution in [3.63, 3.8) is 0 Å². The largest absolute Gasteiger partial charge is 0.448 e. The number of nitrogens with one attached hydrogen (secondary N) is 2. The number of amides is 2. The highest BCUT2D eigenvalue weighted by Gasteiger charge is 2.47. The number of carbonyl (C=O) groups excluding carboxylic acids is 2. The summed E-state index contributed by atoms with van der Waals surface area (Å²) in [6.07, 6.45) is 4.79. The van der Waals surface area contributed by atoms with Gasteiger partial charge in [-0.15, -0.1) is 0 Å². The lowest BCUT2D eigenvalue weighted by atomic mass is 9.82. The van der Waals surface area contributed by atoms with Crippen LogP contribution in [0.4, 0.5) is 4.39 Å². The minimum atomic E-state index is -0.618. The Hall–Kier alpha value is -4.60. The lowest BCUT2D eigenvalue weighted by molar-refractivity contribution is -0.134. The van der Waals surface area contributed by atoms with Gasteiger partial charge in [0, 0.05) is 23.6 Å². The molecule has 0 spiro atoms. The summed E-state index contributed by atoms with van der Waals surface area (Å²) in [5.41, 5.74) is 3.31. The lowest BCUT2D eigenvalue weighted by Gasteiger charge is -2.38. The van der Waals surface area contributed by atoms with Crippen molar-refractivity contribution in [1.82, 2.24) is 25.4 Å². The Morgan fingerprint density at radius 3 is 2.64 bits per heavy atom. The number of benzene rings is 2. The average molecular weight is 572 g/mol. The number of hydrogen-bond acceptors (Lipinski definition) is 6. The summed E-state index contributed by atoms with van der Waals surface area (Å²) in [4.78, 5) is 45.2. The van der Waals surface area contributed by atoms with Gasteiger partial charge in [-0.3, -0.25) is 14.4 Å². The molecule has 2 N–H and O–H groups in total. The zero-order valence-electron chi connectivity index (χ0n) is 24.1. The first-order valence-corrected chi connectivity index (χ1v) is 13.9. The molecule has 0 aliphatic carbocycles. The van der Waals surface area contributed by atoms with Crippen LogP contribution in [-0.4, -0.2) is 44.5 Å². The van der Waals surface area contributed by atoms with Crippen molar-refractivity contribution in [1.29, 1.82) is 0 Å². The Bertz CT molecular complexity index is 1660. The van der Waals surface area contributed by atoms with Crippen molar-refractivity contribution < 1.29 is 18.4 Å². The first-order valence-electron chi connectivity index (χ1n) is 13.9. The molecule has 1 saturated heterocycles. The average Bonchev–Trinajstić information content (AvgIpc) is 3.66. The topological polar surface area (TPSA) is 121 Å². The molecule has 218 valence electrons. The molecule has 10 heteroatoms. The maximum atomic E-state index is 14.2. The molecule has 3 heterocycles. The number of carbonyl (C=O) groups is 2. The quantitative estimate of drug-likeness (QED) is 0.320. The second-order valence-electron chi connectivity index (χ2n) is 11.4. The monoisotopic (exact) mass is 571 g/mol. The number of aromatic amines is 1. The van der Waals surface area contributed by atoms with Gasteiger partial charge in [0.1, 0.15) is 12.1 Å². The van der Waals surface area contributed by atoms with E-state index in [1.165, 1.54) is 18.4 Å². The zero-order chi connectivity index (χ0) is 30.0. The molecular formula is C32H34FN5O4. The number of aromatic nitrogens is 3. The Kier molecular flexibility index (Phi) is 8.06. The van der Waals surface area contributed by atoms with Crippen molar-refractivity contribution >= 4 is 11.8 Å². The molecule has 2 amide bonds. The fourth-order valence-corrected chi connectivity index (χ4v) is 5.87. The van der Waals surface area contributed by atoms with E-state index in [0.29, 0.717) is 47.5 Å². The standard InChI is InChI=1S/C32H34FN5O4/c1-19-14-23(9-8-21(19)16-24-15-20(2)36-37-30(24)41)29(40)35-18-28(39)38-26(22-6-5-7-25(33)17-22)10-11-27(38)32(3,4)31-34-12-13-42-31/h5-9,12-15,17,26-27H,10-11,16,18H2,1-4H3,(H,35,40)(H,37,41)/t26-,27+/m0/s1. The molecule has 0 saturated carbocycles. The SMILES string of the molecule is Cc1cc(Cc2ccc(C(=O)NCC(=O)N3[C@H](c4cccc(F)c4)CC[C@@H]3C(C)(C)c3ncco3)cc2C)c(=O)[nH]n1. The summed E-state index contributed by atoms with van der Waals surface area (Å²) < 4.78 is 19.8. The maximum absolute atomic E-state index is 14.2. The summed E-state index contributed by atoms with van der Waals surface area (Å²) in [6.45, 7) is 7.40. The van der Waals surface area contributed by atoms with Crippen molar-refractivity contribution in [2.24, 2.45) is 0 Å². The smallest absolute Gasteiger partial charge is 0.267 e. The molecule has 42 heavy (non-hydrogen) atoms. The second kappa shape index (κ2) is 11.7. The normalized spacial score (nSPS) is 16.9. The molecular weight excluding hydrogens is 537 g/mol. The molecule has 1 aliphatic heterocycles. The molecule has 2 aromatic carbocycles. The number of rotatable bonds is 8. The number of oxazole rings is 1. The number of hydrogen-bond donors (Lipinski definition) is 2.